The predicted molar refractivity (Wildman–Crippen MR) is 135 cm³/mol. The van der Waals surface area contributed by atoms with Gasteiger partial charge in [0.15, 0.2) is 0 Å². The lowest BCUT2D eigenvalue weighted by molar-refractivity contribution is -0.134. The fourth-order valence-electron chi connectivity index (χ4n) is 6.24. The molecule has 1 aliphatic carbocycles. The summed E-state index contributed by atoms with van der Waals surface area (Å²) in [6.07, 6.45) is 10.8. The van der Waals surface area contributed by atoms with Crippen LogP contribution < -0.4 is 10.2 Å². The predicted octanol–water partition coefficient (Wildman–Crippen LogP) is 3.96. The summed E-state index contributed by atoms with van der Waals surface area (Å²) in [5.41, 5.74) is 3.05. The van der Waals surface area contributed by atoms with E-state index in [0.717, 1.165) is 48.7 Å². The molecule has 184 valence electrons. The second-order valence-corrected chi connectivity index (χ2v) is 10.7. The SMILES string of the molecule is C[C@@H](CCC1CCCCC1)N1CCN(c2ccc3c(C4CCC(=O)NC4=O)nn(C)c3c2)CC1. The van der Waals surface area contributed by atoms with Gasteiger partial charge in [0.1, 0.15) is 0 Å². The number of fused-ring (bicyclic) bond motifs is 1. The van der Waals surface area contributed by atoms with E-state index in [4.69, 9.17) is 0 Å². The van der Waals surface area contributed by atoms with Crippen molar-refractivity contribution in [3.8, 4) is 0 Å². The Labute approximate surface area is 202 Å². The van der Waals surface area contributed by atoms with E-state index >= 15 is 0 Å². The summed E-state index contributed by atoms with van der Waals surface area (Å²) < 4.78 is 1.88. The topological polar surface area (TPSA) is 70.5 Å². The maximum Gasteiger partial charge on any atom is 0.235 e. The smallest absolute Gasteiger partial charge is 0.235 e. The molecule has 7 heteroatoms. The number of hydrogen-bond donors (Lipinski definition) is 1. The lowest BCUT2D eigenvalue weighted by Gasteiger charge is -2.39. The summed E-state index contributed by atoms with van der Waals surface area (Å²) >= 11 is 0. The lowest BCUT2D eigenvalue weighted by atomic mass is 9.85. The number of aryl methyl sites for hydroxylation is 1. The Kier molecular flexibility index (Phi) is 6.91. The standard InChI is InChI=1S/C27H39N5O2/c1-19(8-9-20-6-4-3-5-7-20)31-14-16-32(17-15-31)21-10-11-22-24(18-21)30(2)29-26(22)23-12-13-25(33)28-27(23)34/h10-11,18-20,23H,3-9,12-17H2,1-2H3,(H,28,33,34)/t19-,23?/m0/s1. The Morgan fingerprint density at radius 3 is 2.56 bits per heavy atom. The molecule has 1 N–H and O–H groups in total. The summed E-state index contributed by atoms with van der Waals surface area (Å²) in [6, 6.07) is 7.15. The van der Waals surface area contributed by atoms with Crippen molar-refractivity contribution in [3.05, 3.63) is 23.9 Å². The number of nitrogens with one attached hydrogen (secondary N) is 1. The van der Waals surface area contributed by atoms with Gasteiger partial charge in [-0.05, 0) is 50.3 Å². The summed E-state index contributed by atoms with van der Waals surface area (Å²) in [7, 11) is 1.94. The van der Waals surface area contributed by atoms with E-state index in [1.165, 1.54) is 50.6 Å². The highest BCUT2D eigenvalue weighted by molar-refractivity contribution is 6.02. The summed E-state index contributed by atoms with van der Waals surface area (Å²) in [5, 5.41) is 8.16. The third-order valence-electron chi connectivity index (χ3n) is 8.45. The zero-order chi connectivity index (χ0) is 23.7. The molecule has 2 aromatic rings. The van der Waals surface area contributed by atoms with Crippen molar-refractivity contribution in [2.24, 2.45) is 13.0 Å². The van der Waals surface area contributed by atoms with Gasteiger partial charge in [-0.15, -0.1) is 0 Å². The van der Waals surface area contributed by atoms with Crippen LogP contribution in [0.3, 0.4) is 0 Å². The third kappa shape index (κ3) is 4.85. The zero-order valence-corrected chi connectivity index (χ0v) is 20.8. The van der Waals surface area contributed by atoms with E-state index in [-0.39, 0.29) is 17.7 Å². The molecule has 1 aromatic heterocycles. The highest BCUT2D eigenvalue weighted by Crippen LogP contribution is 2.33. The minimum absolute atomic E-state index is 0.189. The summed E-state index contributed by atoms with van der Waals surface area (Å²) in [5.74, 6) is 0.194. The molecule has 1 aromatic carbocycles. The van der Waals surface area contributed by atoms with Crippen LogP contribution >= 0.6 is 0 Å². The van der Waals surface area contributed by atoms with Crippen molar-refractivity contribution in [1.82, 2.24) is 20.0 Å². The third-order valence-corrected chi connectivity index (χ3v) is 8.45. The van der Waals surface area contributed by atoms with Crippen LogP contribution in [0.1, 0.15) is 76.3 Å². The van der Waals surface area contributed by atoms with Gasteiger partial charge >= 0.3 is 0 Å². The number of carbonyl (C=O) groups is 2. The summed E-state index contributed by atoms with van der Waals surface area (Å²) in [4.78, 5) is 29.1. The number of rotatable bonds is 6. The highest BCUT2D eigenvalue weighted by Gasteiger charge is 2.32. The van der Waals surface area contributed by atoms with Crippen LogP contribution in [0.15, 0.2) is 18.2 Å². The van der Waals surface area contributed by atoms with E-state index in [1.54, 1.807) is 0 Å². The normalized spacial score (nSPS) is 23.9. The van der Waals surface area contributed by atoms with Crippen molar-refractivity contribution in [2.75, 3.05) is 31.1 Å². The molecule has 2 atom stereocenters. The van der Waals surface area contributed by atoms with Crippen molar-refractivity contribution in [1.29, 1.82) is 0 Å². The van der Waals surface area contributed by atoms with Gasteiger partial charge < -0.3 is 4.90 Å². The number of amides is 2. The molecule has 1 unspecified atom stereocenters. The molecule has 3 heterocycles. The average Bonchev–Trinajstić information content (AvgIpc) is 3.19. The second-order valence-electron chi connectivity index (χ2n) is 10.7. The first-order chi connectivity index (χ1) is 16.5. The van der Waals surface area contributed by atoms with Gasteiger partial charge in [-0.2, -0.15) is 5.10 Å². The van der Waals surface area contributed by atoms with Crippen LogP contribution in [0.4, 0.5) is 5.69 Å². The maximum absolute atomic E-state index is 12.4. The fourth-order valence-corrected chi connectivity index (χ4v) is 6.24. The second kappa shape index (κ2) is 10.1. The van der Waals surface area contributed by atoms with Gasteiger partial charge in [0.2, 0.25) is 11.8 Å². The van der Waals surface area contributed by atoms with Crippen LogP contribution in [0.2, 0.25) is 0 Å². The Balaban J connectivity index is 1.21. The lowest BCUT2D eigenvalue weighted by Crippen LogP contribution is -2.49. The highest BCUT2D eigenvalue weighted by atomic mass is 16.2. The number of hydrogen-bond acceptors (Lipinski definition) is 5. The molecule has 1 saturated carbocycles. The molecule has 0 radical (unpaired) electrons. The maximum atomic E-state index is 12.4. The minimum Gasteiger partial charge on any atom is -0.369 e. The number of benzene rings is 1. The first-order valence-electron chi connectivity index (χ1n) is 13.3. The molecular formula is C27H39N5O2. The van der Waals surface area contributed by atoms with Gasteiger partial charge in [0, 0.05) is 56.8 Å². The summed E-state index contributed by atoms with van der Waals surface area (Å²) in [6.45, 7) is 6.71. The van der Waals surface area contributed by atoms with Crippen LogP contribution in [-0.2, 0) is 16.6 Å². The minimum atomic E-state index is -0.356. The number of anilines is 1. The van der Waals surface area contributed by atoms with E-state index in [0.29, 0.717) is 18.9 Å². The van der Waals surface area contributed by atoms with E-state index in [9.17, 15) is 9.59 Å². The van der Waals surface area contributed by atoms with Gasteiger partial charge in [-0.25, -0.2) is 0 Å². The molecule has 5 rings (SSSR count). The van der Waals surface area contributed by atoms with Gasteiger partial charge in [0.05, 0.1) is 17.1 Å². The molecular weight excluding hydrogens is 426 g/mol. The van der Waals surface area contributed by atoms with Crippen LogP contribution in [0.5, 0.6) is 0 Å². The number of aromatic nitrogens is 2. The molecule has 0 bridgehead atoms. The van der Waals surface area contributed by atoms with Crippen LogP contribution in [0.25, 0.3) is 10.9 Å². The average molecular weight is 466 g/mol. The van der Waals surface area contributed by atoms with Gasteiger partial charge in [-0.3, -0.25) is 24.5 Å². The first-order valence-corrected chi connectivity index (χ1v) is 13.3. The number of carbonyl (C=O) groups excluding carboxylic acids is 2. The molecule has 3 aliphatic rings. The first kappa shape index (κ1) is 23.3. The number of piperazine rings is 1. The van der Waals surface area contributed by atoms with Crippen molar-refractivity contribution in [3.63, 3.8) is 0 Å². The van der Waals surface area contributed by atoms with E-state index in [1.807, 2.05) is 11.7 Å². The van der Waals surface area contributed by atoms with Crippen molar-refractivity contribution < 1.29 is 9.59 Å². The number of imide groups is 1. The number of piperidine rings is 1. The monoisotopic (exact) mass is 465 g/mol. The molecule has 34 heavy (non-hydrogen) atoms. The Bertz CT molecular complexity index is 1030. The number of nitrogens with zero attached hydrogens (tertiary/aromatic N) is 4. The Morgan fingerprint density at radius 1 is 1.06 bits per heavy atom. The quantitative estimate of drug-likeness (QED) is 0.654. The van der Waals surface area contributed by atoms with Gasteiger partial charge in [-0.1, -0.05) is 32.1 Å². The van der Waals surface area contributed by atoms with Gasteiger partial charge in [0.25, 0.3) is 0 Å². The molecule has 7 nitrogen and oxygen atoms in total. The fraction of sp³-hybridized carbons (Fsp3) is 0.667. The Morgan fingerprint density at radius 2 is 1.82 bits per heavy atom. The van der Waals surface area contributed by atoms with E-state index in [2.05, 4.69) is 45.3 Å². The zero-order valence-electron chi connectivity index (χ0n) is 20.8. The van der Waals surface area contributed by atoms with Crippen molar-refractivity contribution >= 4 is 28.4 Å². The van der Waals surface area contributed by atoms with E-state index < -0.39 is 0 Å². The molecule has 2 aliphatic heterocycles. The molecule has 3 fully saturated rings. The van der Waals surface area contributed by atoms with Crippen LogP contribution in [-0.4, -0.2) is 58.7 Å². The molecule has 2 saturated heterocycles. The van der Waals surface area contributed by atoms with Crippen LogP contribution in [0, 0.1) is 5.92 Å². The largest absolute Gasteiger partial charge is 0.369 e. The Hall–Kier alpha value is -2.41. The van der Waals surface area contributed by atoms with Crippen molar-refractivity contribution in [2.45, 2.75) is 76.7 Å². The molecule has 0 spiro atoms. The molecule has 2 amide bonds.